The normalized spacial score (nSPS) is 21.1. The summed E-state index contributed by atoms with van der Waals surface area (Å²) in [5.74, 6) is 1.63. The zero-order chi connectivity index (χ0) is 17.9. The van der Waals surface area contributed by atoms with Gasteiger partial charge in [-0.05, 0) is 41.8 Å². The number of amides is 1. The van der Waals surface area contributed by atoms with Crippen LogP contribution in [0.2, 0.25) is 0 Å². The van der Waals surface area contributed by atoms with Gasteiger partial charge >= 0.3 is 0 Å². The Kier molecular flexibility index (Phi) is 4.86. The van der Waals surface area contributed by atoms with Crippen LogP contribution in [-0.4, -0.2) is 50.2 Å². The first kappa shape index (κ1) is 17.0. The van der Waals surface area contributed by atoms with Crippen LogP contribution in [0, 0.1) is 6.92 Å². The highest BCUT2D eigenvalue weighted by atomic mass is 16.5. The van der Waals surface area contributed by atoms with Gasteiger partial charge in [0.15, 0.2) is 5.82 Å². The van der Waals surface area contributed by atoms with E-state index in [0.29, 0.717) is 0 Å². The van der Waals surface area contributed by atoms with Gasteiger partial charge < -0.3 is 9.64 Å². The highest BCUT2D eigenvalue weighted by molar-refractivity contribution is 5.83. The Morgan fingerprint density at radius 2 is 1.92 bits per heavy atom. The number of carbonyl (C=O) groups is 1. The molecule has 2 aromatic rings. The Morgan fingerprint density at radius 3 is 2.73 bits per heavy atom. The molecule has 1 atom stereocenters. The van der Waals surface area contributed by atoms with Crippen molar-refractivity contribution in [3.05, 3.63) is 35.7 Å². The number of aromatic nitrogens is 4. The minimum atomic E-state index is -0.207. The van der Waals surface area contributed by atoms with Gasteiger partial charge in [-0.3, -0.25) is 4.79 Å². The van der Waals surface area contributed by atoms with Crippen molar-refractivity contribution < 1.29 is 9.53 Å². The van der Waals surface area contributed by atoms with Crippen molar-refractivity contribution in [3.8, 4) is 5.75 Å². The molecule has 138 valence electrons. The van der Waals surface area contributed by atoms with Gasteiger partial charge in [0.1, 0.15) is 11.9 Å². The molecule has 0 unspecified atom stereocenters. The lowest BCUT2D eigenvalue weighted by molar-refractivity contribution is -0.135. The number of ether oxygens (including phenoxy) is 1. The van der Waals surface area contributed by atoms with E-state index in [1.54, 1.807) is 4.68 Å². The van der Waals surface area contributed by atoms with E-state index in [4.69, 9.17) is 4.74 Å². The summed E-state index contributed by atoms with van der Waals surface area (Å²) in [5, 5.41) is 11.9. The second-order valence-electron chi connectivity index (χ2n) is 7.22. The predicted molar refractivity (Wildman–Crippen MR) is 95.8 cm³/mol. The lowest BCUT2D eigenvalue weighted by Crippen LogP contribution is -2.44. The largest absolute Gasteiger partial charge is 0.490 e. The number of carbonyl (C=O) groups excluding carboxylic acids is 1. The summed E-state index contributed by atoms with van der Waals surface area (Å²) < 4.78 is 7.94. The van der Waals surface area contributed by atoms with Crippen LogP contribution < -0.4 is 4.74 Å². The second kappa shape index (κ2) is 7.43. The molecule has 7 nitrogen and oxygen atoms in total. The van der Waals surface area contributed by atoms with Gasteiger partial charge in [-0.15, -0.1) is 5.10 Å². The zero-order valence-electron chi connectivity index (χ0n) is 15.2. The zero-order valence-corrected chi connectivity index (χ0v) is 15.2. The number of fused-ring (bicyclic) bond motifs is 1. The van der Waals surface area contributed by atoms with Crippen molar-refractivity contribution in [2.24, 2.45) is 0 Å². The topological polar surface area (TPSA) is 73.1 Å². The molecule has 0 N–H and O–H groups in total. The van der Waals surface area contributed by atoms with Crippen LogP contribution in [0.3, 0.4) is 0 Å². The number of para-hydroxylation sites is 1. The fourth-order valence-electron chi connectivity index (χ4n) is 3.88. The summed E-state index contributed by atoms with van der Waals surface area (Å²) in [6.07, 6.45) is 4.76. The molecule has 3 heterocycles. The Balaban J connectivity index is 1.38. The monoisotopic (exact) mass is 355 g/mol. The van der Waals surface area contributed by atoms with Crippen molar-refractivity contribution in [2.45, 2.75) is 57.6 Å². The third kappa shape index (κ3) is 3.43. The quantitative estimate of drug-likeness (QED) is 0.845. The summed E-state index contributed by atoms with van der Waals surface area (Å²) in [7, 11) is 0. The van der Waals surface area contributed by atoms with Gasteiger partial charge in [-0.2, -0.15) is 0 Å². The molecule has 0 aliphatic carbocycles. The fraction of sp³-hybridized carbons (Fsp3) is 0.579. The fourth-order valence-corrected chi connectivity index (χ4v) is 3.88. The van der Waals surface area contributed by atoms with Crippen LogP contribution in [0.5, 0.6) is 5.75 Å². The van der Waals surface area contributed by atoms with E-state index in [-0.39, 0.29) is 17.9 Å². The number of rotatable bonds is 3. The first-order valence-corrected chi connectivity index (χ1v) is 9.49. The predicted octanol–water partition coefficient (Wildman–Crippen LogP) is 2.32. The summed E-state index contributed by atoms with van der Waals surface area (Å²) in [6.45, 7) is 4.32. The van der Waals surface area contributed by atoms with E-state index in [9.17, 15) is 4.79 Å². The molecule has 0 spiro atoms. The number of hydrogen-bond donors (Lipinski definition) is 0. The number of hydrogen-bond acceptors (Lipinski definition) is 5. The molecular formula is C19H25N5O2. The molecule has 1 aromatic carbocycles. The Hall–Kier alpha value is -2.44. The third-order valence-electron chi connectivity index (χ3n) is 5.42. The van der Waals surface area contributed by atoms with Crippen LogP contribution in [0.15, 0.2) is 24.3 Å². The standard InChI is InChI=1S/C19H25N5O2/c1-14-6-2-3-8-17(14)26-15-9-12-23(13-10-15)19(25)16-7-4-5-11-24-18(16)20-21-22-24/h2-3,6,8,15-16H,4-5,7,9-13H2,1H3/t16-/m1/s1. The van der Waals surface area contributed by atoms with Crippen molar-refractivity contribution in [1.82, 2.24) is 25.1 Å². The molecular weight excluding hydrogens is 330 g/mol. The van der Waals surface area contributed by atoms with Gasteiger partial charge in [0.2, 0.25) is 5.91 Å². The highest BCUT2D eigenvalue weighted by Crippen LogP contribution is 2.28. The molecule has 4 rings (SSSR count). The number of likely N-dealkylation sites (tertiary alicyclic amines) is 1. The van der Waals surface area contributed by atoms with Crippen LogP contribution in [0.4, 0.5) is 0 Å². The van der Waals surface area contributed by atoms with Gasteiger partial charge in [-0.25, -0.2) is 4.68 Å². The molecule has 7 heteroatoms. The van der Waals surface area contributed by atoms with E-state index in [1.165, 1.54) is 0 Å². The molecule has 1 aromatic heterocycles. The van der Waals surface area contributed by atoms with E-state index in [0.717, 1.165) is 68.9 Å². The number of benzene rings is 1. The van der Waals surface area contributed by atoms with Crippen LogP contribution >= 0.6 is 0 Å². The minimum Gasteiger partial charge on any atom is -0.490 e. The average Bonchev–Trinajstić information content (AvgIpc) is 3.03. The maximum Gasteiger partial charge on any atom is 0.233 e. The molecule has 0 radical (unpaired) electrons. The summed E-state index contributed by atoms with van der Waals surface area (Å²) >= 11 is 0. The number of aryl methyl sites for hydroxylation is 2. The van der Waals surface area contributed by atoms with Crippen molar-refractivity contribution in [3.63, 3.8) is 0 Å². The minimum absolute atomic E-state index is 0.164. The molecule has 1 saturated heterocycles. The van der Waals surface area contributed by atoms with Crippen LogP contribution in [0.25, 0.3) is 0 Å². The van der Waals surface area contributed by atoms with E-state index in [2.05, 4.69) is 28.5 Å². The SMILES string of the molecule is Cc1ccccc1OC1CCN(C(=O)[C@@H]2CCCCn3nnnc32)CC1. The maximum atomic E-state index is 13.1. The molecule has 0 bridgehead atoms. The summed E-state index contributed by atoms with van der Waals surface area (Å²) in [4.78, 5) is 15.0. The molecule has 1 fully saturated rings. The first-order valence-electron chi connectivity index (χ1n) is 9.49. The maximum absolute atomic E-state index is 13.1. The summed E-state index contributed by atoms with van der Waals surface area (Å²) in [5.41, 5.74) is 1.15. The summed E-state index contributed by atoms with van der Waals surface area (Å²) in [6, 6.07) is 8.09. The number of nitrogens with zero attached hydrogens (tertiary/aromatic N) is 5. The Morgan fingerprint density at radius 1 is 1.12 bits per heavy atom. The van der Waals surface area contributed by atoms with Gasteiger partial charge in [0.25, 0.3) is 0 Å². The van der Waals surface area contributed by atoms with Gasteiger partial charge in [-0.1, -0.05) is 24.6 Å². The number of tetrazole rings is 1. The second-order valence-corrected chi connectivity index (χ2v) is 7.22. The Bertz CT molecular complexity index is 767. The van der Waals surface area contributed by atoms with Gasteiger partial charge in [0, 0.05) is 32.5 Å². The Labute approximate surface area is 153 Å². The lowest BCUT2D eigenvalue weighted by atomic mass is 9.98. The molecule has 0 saturated carbocycles. The molecule has 2 aliphatic rings. The van der Waals surface area contributed by atoms with Crippen molar-refractivity contribution >= 4 is 5.91 Å². The van der Waals surface area contributed by atoms with Crippen LogP contribution in [-0.2, 0) is 11.3 Å². The van der Waals surface area contributed by atoms with Crippen LogP contribution in [0.1, 0.15) is 49.4 Å². The smallest absolute Gasteiger partial charge is 0.233 e. The number of piperidine rings is 1. The lowest BCUT2D eigenvalue weighted by Gasteiger charge is -2.34. The first-order chi connectivity index (χ1) is 12.7. The van der Waals surface area contributed by atoms with E-state index >= 15 is 0 Å². The van der Waals surface area contributed by atoms with E-state index < -0.39 is 0 Å². The van der Waals surface area contributed by atoms with Crippen molar-refractivity contribution in [1.29, 1.82) is 0 Å². The average molecular weight is 355 g/mol. The van der Waals surface area contributed by atoms with Gasteiger partial charge in [0.05, 0.1) is 5.92 Å². The molecule has 26 heavy (non-hydrogen) atoms. The van der Waals surface area contributed by atoms with E-state index in [1.807, 2.05) is 23.1 Å². The third-order valence-corrected chi connectivity index (χ3v) is 5.42. The van der Waals surface area contributed by atoms with Crippen molar-refractivity contribution in [2.75, 3.05) is 13.1 Å². The molecule has 2 aliphatic heterocycles. The highest BCUT2D eigenvalue weighted by Gasteiger charge is 2.33. The molecule has 1 amide bonds.